The van der Waals surface area contributed by atoms with Crippen LogP contribution in [0.4, 0.5) is 0 Å². The third kappa shape index (κ3) is 3.66. The van der Waals surface area contributed by atoms with Gasteiger partial charge in [-0.3, -0.25) is 4.79 Å². The predicted molar refractivity (Wildman–Crippen MR) is 89.9 cm³/mol. The Morgan fingerprint density at radius 1 is 1.38 bits per heavy atom. The van der Waals surface area contributed by atoms with Crippen LogP contribution < -0.4 is 5.32 Å². The molecule has 0 spiro atoms. The van der Waals surface area contributed by atoms with Crippen molar-refractivity contribution in [2.75, 3.05) is 6.61 Å². The molecule has 2 saturated carbocycles. The number of hydrogen-bond donors (Lipinski definition) is 2. The van der Waals surface area contributed by atoms with Crippen LogP contribution in [0.3, 0.4) is 0 Å². The molecule has 3 rings (SSSR count). The number of esters is 1. The summed E-state index contributed by atoms with van der Waals surface area (Å²) in [4.78, 5) is 24.0. The average molecular weight is 352 g/mol. The molecule has 24 heavy (non-hydrogen) atoms. The number of fused-ring (bicyclic) bond motifs is 2. The van der Waals surface area contributed by atoms with Gasteiger partial charge in [-0.05, 0) is 62.1 Å². The summed E-state index contributed by atoms with van der Waals surface area (Å²) in [6, 6.07) is 4.19. The number of carbonyl (C=O) groups excluding carboxylic acids is 2. The van der Waals surface area contributed by atoms with Gasteiger partial charge in [-0.2, -0.15) is 0 Å². The van der Waals surface area contributed by atoms with Gasteiger partial charge < -0.3 is 15.2 Å². The van der Waals surface area contributed by atoms with Gasteiger partial charge in [0.05, 0.1) is 0 Å². The SMILES string of the molecule is C[C@H](NC(=O)COC(=O)c1cc(Cl)ccc1O)[C@H]1C[C@H]2CC[C@H]1C2. The molecule has 4 atom stereocenters. The van der Waals surface area contributed by atoms with Crippen LogP contribution in [0.1, 0.15) is 43.0 Å². The monoisotopic (exact) mass is 351 g/mol. The maximum absolute atomic E-state index is 12.0. The van der Waals surface area contributed by atoms with Crippen molar-refractivity contribution in [2.24, 2.45) is 17.8 Å². The second-order valence-corrected chi connectivity index (χ2v) is 7.37. The summed E-state index contributed by atoms with van der Waals surface area (Å²) in [7, 11) is 0. The molecule has 2 aliphatic rings. The van der Waals surface area contributed by atoms with E-state index in [0.717, 1.165) is 11.8 Å². The summed E-state index contributed by atoms with van der Waals surface area (Å²) in [5, 5.41) is 12.9. The Hall–Kier alpha value is -1.75. The number of hydrogen-bond acceptors (Lipinski definition) is 4. The molecule has 0 unspecified atom stereocenters. The summed E-state index contributed by atoms with van der Waals surface area (Å²) in [5.74, 6) is 0.762. The molecule has 130 valence electrons. The van der Waals surface area contributed by atoms with E-state index in [0.29, 0.717) is 10.9 Å². The number of benzene rings is 1. The second-order valence-electron chi connectivity index (χ2n) is 6.93. The number of carbonyl (C=O) groups is 2. The largest absolute Gasteiger partial charge is 0.507 e. The van der Waals surface area contributed by atoms with Crippen molar-refractivity contribution in [3.05, 3.63) is 28.8 Å². The summed E-state index contributed by atoms with van der Waals surface area (Å²) >= 11 is 5.80. The van der Waals surface area contributed by atoms with Crippen LogP contribution in [0.15, 0.2) is 18.2 Å². The fourth-order valence-electron chi connectivity index (χ4n) is 4.19. The maximum Gasteiger partial charge on any atom is 0.342 e. The summed E-state index contributed by atoms with van der Waals surface area (Å²) < 4.78 is 4.98. The molecule has 5 nitrogen and oxygen atoms in total. The highest BCUT2D eigenvalue weighted by Gasteiger charge is 2.42. The molecular weight excluding hydrogens is 330 g/mol. The topological polar surface area (TPSA) is 75.6 Å². The van der Waals surface area contributed by atoms with E-state index in [2.05, 4.69) is 5.32 Å². The molecule has 1 aromatic rings. The number of aromatic hydroxyl groups is 1. The highest BCUT2D eigenvalue weighted by Crippen LogP contribution is 2.49. The Morgan fingerprint density at radius 2 is 2.17 bits per heavy atom. The molecule has 0 aromatic heterocycles. The lowest BCUT2D eigenvalue weighted by Gasteiger charge is -2.28. The van der Waals surface area contributed by atoms with Crippen LogP contribution in [0, 0.1) is 17.8 Å². The lowest BCUT2D eigenvalue weighted by atomic mass is 9.84. The Kier molecular flexibility index (Phi) is 4.99. The van der Waals surface area contributed by atoms with E-state index in [1.54, 1.807) is 0 Å². The van der Waals surface area contributed by atoms with Crippen LogP contribution in [0.2, 0.25) is 5.02 Å². The van der Waals surface area contributed by atoms with Gasteiger partial charge in [0.2, 0.25) is 0 Å². The summed E-state index contributed by atoms with van der Waals surface area (Å²) in [6.45, 7) is 1.66. The highest BCUT2D eigenvalue weighted by atomic mass is 35.5. The first kappa shape index (κ1) is 17.1. The third-order valence-corrected chi connectivity index (χ3v) is 5.57. The number of phenols is 1. The van der Waals surface area contributed by atoms with E-state index >= 15 is 0 Å². The van der Waals surface area contributed by atoms with Gasteiger partial charge in [0, 0.05) is 11.1 Å². The molecular formula is C18H22ClNO4. The zero-order valence-corrected chi connectivity index (χ0v) is 14.4. The van der Waals surface area contributed by atoms with Gasteiger partial charge >= 0.3 is 5.97 Å². The quantitative estimate of drug-likeness (QED) is 0.799. The first-order valence-corrected chi connectivity index (χ1v) is 8.77. The maximum atomic E-state index is 12.0. The third-order valence-electron chi connectivity index (χ3n) is 5.34. The molecule has 2 N–H and O–H groups in total. The molecule has 0 radical (unpaired) electrons. The fraction of sp³-hybridized carbons (Fsp3) is 0.556. The number of nitrogens with one attached hydrogen (secondary N) is 1. The number of halogens is 1. The van der Waals surface area contributed by atoms with Gasteiger partial charge in [0.1, 0.15) is 11.3 Å². The summed E-state index contributed by atoms with van der Waals surface area (Å²) in [6.07, 6.45) is 5.05. The minimum absolute atomic E-state index is 0.0450. The smallest absolute Gasteiger partial charge is 0.342 e. The first-order valence-electron chi connectivity index (χ1n) is 8.39. The van der Waals surface area contributed by atoms with Crippen molar-refractivity contribution in [2.45, 2.75) is 38.6 Å². The van der Waals surface area contributed by atoms with E-state index in [1.165, 1.54) is 43.9 Å². The van der Waals surface area contributed by atoms with Gasteiger partial charge in [0.25, 0.3) is 5.91 Å². The lowest BCUT2D eigenvalue weighted by molar-refractivity contribution is -0.125. The predicted octanol–water partition coefficient (Wildman–Crippen LogP) is 3.14. The average Bonchev–Trinajstić information content (AvgIpc) is 3.18. The van der Waals surface area contributed by atoms with E-state index in [-0.39, 0.29) is 29.9 Å². The molecule has 0 aliphatic heterocycles. The summed E-state index contributed by atoms with van der Waals surface area (Å²) in [5.41, 5.74) is -0.0450. The Morgan fingerprint density at radius 3 is 2.83 bits per heavy atom. The van der Waals surface area contributed by atoms with E-state index < -0.39 is 5.97 Å². The molecule has 2 bridgehead atoms. The van der Waals surface area contributed by atoms with Gasteiger partial charge in [-0.15, -0.1) is 0 Å². The van der Waals surface area contributed by atoms with Crippen LogP contribution in [0.5, 0.6) is 5.75 Å². The number of rotatable bonds is 5. The van der Waals surface area contributed by atoms with Gasteiger partial charge in [0.15, 0.2) is 6.61 Å². The number of ether oxygens (including phenoxy) is 1. The van der Waals surface area contributed by atoms with Crippen molar-refractivity contribution in [3.63, 3.8) is 0 Å². The van der Waals surface area contributed by atoms with Crippen molar-refractivity contribution in [3.8, 4) is 5.75 Å². The Labute approximate surface area is 146 Å². The zero-order valence-electron chi connectivity index (χ0n) is 13.6. The molecule has 2 aliphatic carbocycles. The van der Waals surface area contributed by atoms with Gasteiger partial charge in [-0.25, -0.2) is 4.79 Å². The second kappa shape index (κ2) is 7.01. The Bertz CT molecular complexity index is 648. The van der Waals surface area contributed by atoms with Crippen molar-refractivity contribution >= 4 is 23.5 Å². The van der Waals surface area contributed by atoms with E-state index in [1.807, 2.05) is 6.92 Å². The number of phenolic OH excluding ortho intramolecular Hbond substituents is 1. The molecule has 1 aromatic carbocycles. The van der Waals surface area contributed by atoms with Crippen LogP contribution in [-0.2, 0) is 9.53 Å². The van der Waals surface area contributed by atoms with Crippen LogP contribution in [-0.4, -0.2) is 29.6 Å². The van der Waals surface area contributed by atoms with Crippen molar-refractivity contribution in [1.29, 1.82) is 0 Å². The van der Waals surface area contributed by atoms with E-state index in [4.69, 9.17) is 16.3 Å². The fourth-order valence-corrected chi connectivity index (χ4v) is 4.36. The van der Waals surface area contributed by atoms with Crippen LogP contribution in [0.25, 0.3) is 0 Å². The first-order chi connectivity index (χ1) is 11.4. The molecule has 0 heterocycles. The highest BCUT2D eigenvalue weighted by molar-refractivity contribution is 6.31. The normalized spacial score (nSPS) is 26.2. The standard InChI is InChI=1S/C18H22ClNO4/c1-10(14-7-11-2-3-12(14)6-11)20-17(22)9-24-18(23)15-8-13(19)4-5-16(15)21/h4-5,8,10-12,14,21H,2-3,6-7,9H2,1H3,(H,20,22)/t10-,11-,12-,14+/m0/s1. The van der Waals surface area contributed by atoms with E-state index in [9.17, 15) is 14.7 Å². The molecule has 0 saturated heterocycles. The zero-order chi connectivity index (χ0) is 17.3. The number of amides is 1. The minimum atomic E-state index is -0.766. The molecule has 6 heteroatoms. The lowest BCUT2D eigenvalue weighted by Crippen LogP contribution is -2.42. The van der Waals surface area contributed by atoms with Crippen LogP contribution >= 0.6 is 11.6 Å². The molecule has 1 amide bonds. The van der Waals surface area contributed by atoms with Crippen molar-refractivity contribution < 1.29 is 19.4 Å². The van der Waals surface area contributed by atoms with Gasteiger partial charge in [-0.1, -0.05) is 18.0 Å². The van der Waals surface area contributed by atoms with Crippen molar-refractivity contribution in [1.82, 2.24) is 5.32 Å². The Balaban J connectivity index is 1.48. The molecule has 2 fully saturated rings. The minimum Gasteiger partial charge on any atom is -0.507 e.